The Hall–Kier alpha value is -2.27. The molecule has 2 saturated heterocycles. The molecule has 0 aliphatic carbocycles. The third-order valence-corrected chi connectivity index (χ3v) is 6.65. The molecule has 4 rings (SSSR count). The van der Waals surface area contributed by atoms with Gasteiger partial charge < -0.3 is 15.2 Å². The number of carbonyl (C=O) groups is 1. The smallest absolute Gasteiger partial charge is 0.267 e. The van der Waals surface area contributed by atoms with Crippen molar-refractivity contribution in [3.05, 3.63) is 44.7 Å². The predicted octanol–water partition coefficient (Wildman–Crippen LogP) is 2.18. The van der Waals surface area contributed by atoms with Gasteiger partial charge in [-0.3, -0.25) is 18.9 Å². The quantitative estimate of drug-likeness (QED) is 0.369. The lowest BCUT2D eigenvalue weighted by molar-refractivity contribution is -0.123. The maximum absolute atomic E-state index is 13.3. The van der Waals surface area contributed by atoms with Crippen molar-refractivity contribution in [3.8, 4) is 0 Å². The van der Waals surface area contributed by atoms with Crippen molar-refractivity contribution in [2.45, 2.75) is 32.3 Å². The van der Waals surface area contributed by atoms with Gasteiger partial charge in [-0.25, -0.2) is 4.98 Å². The van der Waals surface area contributed by atoms with Crippen LogP contribution in [0.2, 0.25) is 0 Å². The van der Waals surface area contributed by atoms with Gasteiger partial charge in [0.25, 0.3) is 11.5 Å². The molecule has 2 aromatic rings. The number of nitrogens with zero attached hydrogens (tertiary/aromatic N) is 3. The highest BCUT2D eigenvalue weighted by atomic mass is 32.2. The number of hydrogen-bond donors (Lipinski definition) is 2. The van der Waals surface area contributed by atoms with Crippen molar-refractivity contribution < 1.29 is 14.6 Å². The average Bonchev–Trinajstić information content (AvgIpc) is 3.35. The van der Waals surface area contributed by atoms with E-state index in [9.17, 15) is 9.59 Å². The summed E-state index contributed by atoms with van der Waals surface area (Å²) in [5.74, 6) is 0.165. The fourth-order valence-electron chi connectivity index (χ4n) is 3.64. The number of aliphatic hydroxyl groups is 1. The van der Waals surface area contributed by atoms with Gasteiger partial charge in [0.2, 0.25) is 0 Å². The molecule has 2 aromatic heterocycles. The van der Waals surface area contributed by atoms with Gasteiger partial charge in [0.05, 0.1) is 23.1 Å². The summed E-state index contributed by atoms with van der Waals surface area (Å²) in [4.78, 5) is 32.9. The summed E-state index contributed by atoms with van der Waals surface area (Å²) in [5, 5.41) is 12.2. The monoisotopic (exact) mass is 460 g/mol. The number of aryl methyl sites for hydroxylation is 1. The summed E-state index contributed by atoms with van der Waals surface area (Å²) in [6.07, 6.45) is 5.63. The first-order valence-electron chi connectivity index (χ1n) is 10.2. The first kappa shape index (κ1) is 21.9. The Labute approximate surface area is 189 Å². The lowest BCUT2D eigenvalue weighted by Gasteiger charge is -2.18. The van der Waals surface area contributed by atoms with Crippen molar-refractivity contribution in [1.29, 1.82) is 0 Å². The highest BCUT2D eigenvalue weighted by molar-refractivity contribution is 8.26. The molecule has 0 aromatic carbocycles. The number of aliphatic hydroxyl groups excluding tert-OH is 1. The van der Waals surface area contributed by atoms with Gasteiger partial charge in [0.1, 0.15) is 15.8 Å². The van der Waals surface area contributed by atoms with Crippen molar-refractivity contribution in [2.24, 2.45) is 0 Å². The van der Waals surface area contributed by atoms with Crippen molar-refractivity contribution >= 4 is 51.7 Å². The normalized spacial score (nSPS) is 20.4. The van der Waals surface area contributed by atoms with Gasteiger partial charge in [0, 0.05) is 26.0 Å². The second-order valence-corrected chi connectivity index (χ2v) is 9.17. The number of nitrogens with one attached hydrogen (secondary N) is 1. The molecule has 2 N–H and O–H groups in total. The summed E-state index contributed by atoms with van der Waals surface area (Å²) in [6, 6.07) is 3.67. The number of pyridine rings is 1. The summed E-state index contributed by atoms with van der Waals surface area (Å²) >= 11 is 6.60. The molecule has 1 amide bonds. The van der Waals surface area contributed by atoms with Gasteiger partial charge in [-0.2, -0.15) is 0 Å². The number of fused-ring (bicyclic) bond motifs is 1. The van der Waals surface area contributed by atoms with Crippen LogP contribution in [0.1, 0.15) is 30.4 Å². The highest BCUT2D eigenvalue weighted by Crippen LogP contribution is 2.34. The van der Waals surface area contributed by atoms with Crippen molar-refractivity contribution in [3.63, 3.8) is 0 Å². The molecule has 0 bridgehead atoms. The third kappa shape index (κ3) is 4.52. The number of anilines is 1. The molecule has 0 unspecified atom stereocenters. The summed E-state index contributed by atoms with van der Waals surface area (Å²) in [7, 11) is 0. The summed E-state index contributed by atoms with van der Waals surface area (Å²) < 4.78 is 7.58. The number of thioether (sulfide) groups is 1. The number of thiocarbonyl (C=S) groups is 1. The minimum atomic E-state index is -0.274. The molecule has 1 atom stereocenters. The third-order valence-electron chi connectivity index (χ3n) is 5.27. The van der Waals surface area contributed by atoms with Crippen LogP contribution in [-0.4, -0.2) is 62.0 Å². The molecule has 2 aliphatic rings. The van der Waals surface area contributed by atoms with Gasteiger partial charge in [-0.15, -0.1) is 0 Å². The molecule has 0 spiro atoms. The van der Waals surface area contributed by atoms with Crippen LogP contribution in [0.15, 0.2) is 28.0 Å². The number of ether oxygens (including phenoxy) is 1. The molecule has 164 valence electrons. The minimum absolute atomic E-state index is 0.00602. The molecule has 0 radical (unpaired) electrons. The van der Waals surface area contributed by atoms with E-state index >= 15 is 0 Å². The van der Waals surface area contributed by atoms with Gasteiger partial charge in [0.15, 0.2) is 0 Å². The van der Waals surface area contributed by atoms with E-state index in [2.05, 4.69) is 10.3 Å². The van der Waals surface area contributed by atoms with E-state index in [1.807, 2.05) is 13.0 Å². The van der Waals surface area contributed by atoms with Crippen LogP contribution >= 0.6 is 24.0 Å². The molecule has 4 heterocycles. The standard InChI is InChI=1S/C21H24N4O4S2/c1-13-5-2-8-24-18(13)23-17(22-7-4-9-26)15(19(24)27)11-16-20(28)25(21(30)31-16)12-14-6-3-10-29-14/h2,5,8,11,14,22,26H,3-4,6-7,9-10,12H2,1H3/b16-11+/t14-/m0/s1. The SMILES string of the molecule is Cc1cccn2c(=O)c(/C=C3/SC(=S)N(C[C@@H]4CCCO4)C3=O)c(NCCCO)nc12. The van der Waals surface area contributed by atoms with E-state index in [1.54, 1.807) is 23.2 Å². The van der Waals surface area contributed by atoms with Crippen LogP contribution < -0.4 is 10.9 Å². The molecule has 31 heavy (non-hydrogen) atoms. The number of amides is 1. The number of rotatable bonds is 7. The lowest BCUT2D eigenvalue weighted by atomic mass is 10.2. The van der Waals surface area contributed by atoms with E-state index in [0.717, 1.165) is 18.4 Å². The molecule has 2 aliphatic heterocycles. The molecule has 2 fully saturated rings. The highest BCUT2D eigenvalue weighted by Gasteiger charge is 2.35. The zero-order chi connectivity index (χ0) is 22.0. The summed E-state index contributed by atoms with van der Waals surface area (Å²) in [5.41, 5.74) is 1.42. The molecular weight excluding hydrogens is 436 g/mol. The molecule has 0 saturated carbocycles. The number of hydrogen-bond acceptors (Lipinski definition) is 8. The largest absolute Gasteiger partial charge is 0.396 e. The van der Waals surface area contributed by atoms with Gasteiger partial charge in [-0.1, -0.05) is 30.0 Å². The van der Waals surface area contributed by atoms with Crippen LogP contribution in [0, 0.1) is 6.92 Å². The summed E-state index contributed by atoms with van der Waals surface area (Å²) in [6.45, 7) is 3.49. The lowest BCUT2D eigenvalue weighted by Crippen LogP contribution is -2.35. The molecule has 8 nitrogen and oxygen atoms in total. The van der Waals surface area contributed by atoms with Crippen LogP contribution in [-0.2, 0) is 9.53 Å². The zero-order valence-corrected chi connectivity index (χ0v) is 18.8. The molecule has 10 heteroatoms. The van der Waals surface area contributed by atoms with E-state index in [-0.39, 0.29) is 24.2 Å². The maximum Gasteiger partial charge on any atom is 0.267 e. The Balaban J connectivity index is 1.72. The predicted molar refractivity (Wildman–Crippen MR) is 125 cm³/mol. The zero-order valence-electron chi connectivity index (χ0n) is 17.2. The second kappa shape index (κ2) is 9.47. The minimum Gasteiger partial charge on any atom is -0.396 e. The Morgan fingerprint density at radius 3 is 3.03 bits per heavy atom. The first-order chi connectivity index (χ1) is 15.0. The van der Waals surface area contributed by atoms with E-state index in [4.69, 9.17) is 22.1 Å². The van der Waals surface area contributed by atoms with Crippen molar-refractivity contribution in [1.82, 2.24) is 14.3 Å². The van der Waals surface area contributed by atoms with Crippen molar-refractivity contribution in [2.75, 3.05) is 31.6 Å². The first-order valence-corrected chi connectivity index (χ1v) is 11.5. The van der Waals surface area contributed by atoms with Gasteiger partial charge in [-0.05, 0) is 43.9 Å². The van der Waals surface area contributed by atoms with Crippen LogP contribution in [0.5, 0.6) is 0 Å². The van der Waals surface area contributed by atoms with Gasteiger partial charge >= 0.3 is 0 Å². The average molecular weight is 461 g/mol. The Morgan fingerprint density at radius 2 is 2.29 bits per heavy atom. The van der Waals surface area contributed by atoms with E-state index < -0.39 is 0 Å². The van der Waals surface area contributed by atoms with Crippen LogP contribution in [0.25, 0.3) is 11.7 Å². The fourth-order valence-corrected chi connectivity index (χ4v) is 4.90. The van der Waals surface area contributed by atoms with Crippen LogP contribution in [0.4, 0.5) is 5.82 Å². The number of carbonyl (C=O) groups excluding carboxylic acids is 1. The Kier molecular flexibility index (Phi) is 6.71. The Bertz CT molecular complexity index is 1110. The van der Waals surface area contributed by atoms with E-state index in [0.29, 0.717) is 52.4 Å². The maximum atomic E-state index is 13.3. The molecular formula is C21H24N4O4S2. The topological polar surface area (TPSA) is 96.2 Å². The Morgan fingerprint density at radius 1 is 1.45 bits per heavy atom. The van der Waals surface area contributed by atoms with E-state index in [1.165, 1.54) is 16.2 Å². The fraction of sp³-hybridized carbons (Fsp3) is 0.429. The number of aromatic nitrogens is 2. The second-order valence-electron chi connectivity index (χ2n) is 7.50. The van der Waals surface area contributed by atoms with Crippen LogP contribution in [0.3, 0.4) is 0 Å².